The average Bonchev–Trinajstić information content (AvgIpc) is 1.53. The predicted molar refractivity (Wildman–Crippen MR) is 592 cm³/mol. The van der Waals surface area contributed by atoms with Crippen molar-refractivity contribution in [2.75, 3.05) is 0 Å². The molecular formula is C120H252O14. The summed E-state index contributed by atoms with van der Waals surface area (Å²) in [5.41, 5.74) is -3.73. The van der Waals surface area contributed by atoms with Gasteiger partial charge in [0.1, 0.15) is 39.2 Å². The lowest BCUT2D eigenvalue weighted by molar-refractivity contribution is -0.187. The fourth-order valence-corrected chi connectivity index (χ4v) is 18.9. The Hall–Kier alpha value is -3.71. The van der Waals surface area contributed by atoms with Crippen LogP contribution in [-0.4, -0.2) is 81.0 Å². The summed E-state index contributed by atoms with van der Waals surface area (Å²) < 4.78 is 41.0. The van der Waals surface area contributed by atoms with Crippen molar-refractivity contribution >= 4 is 41.8 Å². The van der Waals surface area contributed by atoms with Gasteiger partial charge in [0.25, 0.3) is 0 Å². The molecule has 134 heavy (non-hydrogen) atoms. The number of carbonyl (C=O) groups is 7. The van der Waals surface area contributed by atoms with Crippen molar-refractivity contribution in [3.05, 3.63) is 0 Å². The zero-order valence-corrected chi connectivity index (χ0v) is 84.2. The molecule has 9 saturated carbocycles. The summed E-state index contributed by atoms with van der Waals surface area (Å²) >= 11 is 0. The van der Waals surface area contributed by atoms with Crippen LogP contribution in [-0.2, 0) is 66.7 Å². The molecule has 0 saturated heterocycles. The van der Waals surface area contributed by atoms with Gasteiger partial charge in [-0.05, 0) is 387 Å². The highest BCUT2D eigenvalue weighted by atomic mass is 16.6. The Balaban J connectivity index is -0.000000114. The van der Waals surface area contributed by atoms with Crippen LogP contribution in [0.2, 0.25) is 0 Å². The fourth-order valence-electron chi connectivity index (χ4n) is 18.9. The molecule has 9 aliphatic rings. The van der Waals surface area contributed by atoms with Crippen molar-refractivity contribution in [1.29, 1.82) is 0 Å². The van der Waals surface area contributed by atoms with E-state index >= 15 is 0 Å². The molecule has 0 aromatic rings. The van der Waals surface area contributed by atoms with Gasteiger partial charge in [-0.15, -0.1) is 0 Å². The molecule has 3 unspecified atom stereocenters. The SMILES string of the molecule is C.C.C.C.C.C.C.C.C.C.C.C.C.C.C.CCC(C)(C)C(=O)OC(C)(C)C1CCCC1.CCC(C)(C)C(=O)OC(C)(C)C1CCCCC1.CCC(C)(C)C(=O)OC(C)(C1CCCCC1)C1CCCCC1.CCC(C)(C)C(=O)OC1(C)CC2CCC1(C)C2(C)C.CCC(C)(C)C(=O)OC1(C)CCCC1.CCC(C)(C)C(=O)OC1(C)CCCCC1.CCC(C)(C)C(=O)OC1(C)CCCCCC1. The molecule has 816 valence electrons. The summed E-state index contributed by atoms with van der Waals surface area (Å²) in [6.07, 6.45) is 50.6. The van der Waals surface area contributed by atoms with E-state index in [1.807, 2.05) is 132 Å². The molecule has 9 fully saturated rings. The Bertz CT molecular complexity index is 3030. The second kappa shape index (κ2) is 66.2. The highest BCUT2D eigenvalue weighted by Crippen LogP contribution is 2.71. The number of hydrogen-bond donors (Lipinski definition) is 0. The Labute approximate surface area is 843 Å². The molecule has 0 spiro atoms. The Kier molecular flexibility index (Phi) is 78.2. The largest absolute Gasteiger partial charge is 0.459 e. The van der Waals surface area contributed by atoms with Crippen molar-refractivity contribution in [2.24, 2.45) is 78.3 Å². The molecule has 2 bridgehead atoms. The number of hydrogen-bond acceptors (Lipinski definition) is 14. The molecule has 0 amide bonds. The summed E-state index contributed by atoms with van der Waals surface area (Å²) in [4.78, 5) is 85.3. The Morgan fingerprint density at radius 3 is 0.634 bits per heavy atom. The van der Waals surface area contributed by atoms with Gasteiger partial charge < -0.3 is 33.2 Å². The highest BCUT2D eigenvalue weighted by molar-refractivity contribution is 5.79. The molecule has 9 rings (SSSR count). The molecule has 0 aromatic heterocycles. The van der Waals surface area contributed by atoms with Crippen molar-refractivity contribution in [2.45, 2.75) is 662 Å². The summed E-state index contributed by atoms with van der Waals surface area (Å²) in [5.74, 6) is 2.72. The van der Waals surface area contributed by atoms with Gasteiger partial charge in [0.05, 0.1) is 37.9 Å². The van der Waals surface area contributed by atoms with E-state index in [4.69, 9.17) is 33.2 Å². The summed E-state index contributed by atoms with van der Waals surface area (Å²) in [6.45, 7) is 67.9. The van der Waals surface area contributed by atoms with E-state index in [0.717, 1.165) is 89.9 Å². The van der Waals surface area contributed by atoms with E-state index in [-0.39, 0.29) is 241 Å². The molecular weight excluding hydrogens is 1670 g/mol. The van der Waals surface area contributed by atoms with Crippen LogP contribution in [0.4, 0.5) is 0 Å². The lowest BCUT2D eigenvalue weighted by Gasteiger charge is -2.47. The Morgan fingerprint density at radius 1 is 0.231 bits per heavy atom. The molecule has 0 heterocycles. The van der Waals surface area contributed by atoms with Gasteiger partial charge in [0, 0.05) is 5.41 Å². The third kappa shape index (κ3) is 45.3. The maximum Gasteiger partial charge on any atom is 0.312 e. The zero-order valence-electron chi connectivity index (χ0n) is 84.2. The molecule has 14 nitrogen and oxygen atoms in total. The number of carbonyl (C=O) groups excluding carboxylic acids is 7. The van der Waals surface area contributed by atoms with Crippen LogP contribution >= 0.6 is 0 Å². The van der Waals surface area contributed by atoms with Crippen molar-refractivity contribution < 1.29 is 66.7 Å². The van der Waals surface area contributed by atoms with Gasteiger partial charge in [0.2, 0.25) is 0 Å². The highest BCUT2D eigenvalue weighted by Gasteiger charge is 2.69. The minimum Gasteiger partial charge on any atom is -0.459 e. The quantitative estimate of drug-likeness (QED) is 0.0478. The maximum atomic E-state index is 12.8. The Morgan fingerprint density at radius 2 is 0.418 bits per heavy atom. The van der Waals surface area contributed by atoms with E-state index in [9.17, 15) is 33.6 Å². The smallest absolute Gasteiger partial charge is 0.312 e. The van der Waals surface area contributed by atoms with Crippen LogP contribution in [0.25, 0.3) is 0 Å². The maximum absolute atomic E-state index is 12.8. The van der Waals surface area contributed by atoms with Crippen molar-refractivity contribution in [1.82, 2.24) is 0 Å². The van der Waals surface area contributed by atoms with Gasteiger partial charge in [-0.25, -0.2) is 0 Å². The van der Waals surface area contributed by atoms with E-state index in [1.165, 1.54) is 193 Å². The van der Waals surface area contributed by atoms with Crippen LogP contribution in [0.5, 0.6) is 0 Å². The number of fused-ring (bicyclic) bond motifs is 2. The first-order valence-electron chi connectivity index (χ1n) is 49.3. The number of rotatable bonds is 25. The van der Waals surface area contributed by atoms with Crippen LogP contribution in [0, 0.1) is 78.3 Å². The monoisotopic (exact) mass is 1920 g/mol. The topological polar surface area (TPSA) is 184 Å². The van der Waals surface area contributed by atoms with Gasteiger partial charge in [-0.3, -0.25) is 33.6 Å². The van der Waals surface area contributed by atoms with Gasteiger partial charge in [-0.1, -0.05) is 271 Å². The van der Waals surface area contributed by atoms with E-state index in [1.54, 1.807) is 0 Å². The predicted octanol–water partition coefficient (Wildman–Crippen LogP) is 39.3. The molecule has 3 atom stereocenters. The molecule has 0 aliphatic heterocycles. The normalized spacial score (nSPS) is 21.2. The first-order chi connectivity index (χ1) is 54.7. The fraction of sp³-hybridized carbons (Fsp3) is 0.942. The lowest BCUT2D eigenvalue weighted by atomic mass is 9.65. The third-order valence-corrected chi connectivity index (χ3v) is 33.1. The van der Waals surface area contributed by atoms with Gasteiger partial charge in [0.15, 0.2) is 0 Å². The van der Waals surface area contributed by atoms with Gasteiger partial charge >= 0.3 is 41.8 Å². The minimum absolute atomic E-state index is 0. The van der Waals surface area contributed by atoms with Crippen LogP contribution < -0.4 is 0 Å². The zero-order chi connectivity index (χ0) is 91.0. The molecule has 0 aromatic carbocycles. The van der Waals surface area contributed by atoms with Crippen LogP contribution in [0.3, 0.4) is 0 Å². The summed E-state index contributed by atoms with van der Waals surface area (Å²) in [5, 5.41) is 0. The molecule has 14 heteroatoms. The number of esters is 7. The molecule has 0 radical (unpaired) electrons. The minimum atomic E-state index is -0.370. The number of ether oxygens (including phenoxy) is 7. The van der Waals surface area contributed by atoms with Crippen LogP contribution in [0.1, 0.15) is 622 Å². The summed E-state index contributed by atoms with van der Waals surface area (Å²) in [7, 11) is 0. The van der Waals surface area contributed by atoms with E-state index in [0.29, 0.717) is 29.6 Å². The second-order valence-corrected chi connectivity index (χ2v) is 46.5. The van der Waals surface area contributed by atoms with Crippen molar-refractivity contribution in [3.63, 3.8) is 0 Å². The van der Waals surface area contributed by atoms with Crippen molar-refractivity contribution in [3.8, 4) is 0 Å². The van der Waals surface area contributed by atoms with E-state index in [2.05, 4.69) is 96.9 Å². The van der Waals surface area contributed by atoms with Gasteiger partial charge in [-0.2, -0.15) is 0 Å². The second-order valence-electron chi connectivity index (χ2n) is 46.5. The third-order valence-electron chi connectivity index (χ3n) is 33.1. The lowest BCUT2D eigenvalue weighted by Crippen LogP contribution is -2.49. The molecule has 0 N–H and O–H groups in total. The first-order valence-corrected chi connectivity index (χ1v) is 49.3. The summed E-state index contributed by atoms with van der Waals surface area (Å²) in [6, 6.07) is 0. The molecule has 9 aliphatic carbocycles. The van der Waals surface area contributed by atoms with E-state index < -0.39 is 0 Å². The standard InChI is InChI=1S/C20H36O2.C17H30O2.C15H28O2.2C14H26O2.C13H24O2.C12H22O2.15CH4/c1-5-19(2,3)18(21)22-20(4,16-12-8-6-9-13-16)17-14-10-7-11-15-17;1-8-14(2,3)13(18)19-17(7)11-12-9-10-16(17,6)15(12,4)5;1-6-14(2,3)13(16)17-15(4,5)12-10-8-7-9-11-12;1-6-13(2,3)12(15)16-14(4,5)11-9-7-8-10-11;1-5-13(2,3)12(15)16-14(4)10-8-6-7-9-11-14;1-5-12(2,3)11(14)15-13(4)9-7-6-8-10-13;1-5-11(2,3)10(13)14-12(4)8-6-7-9-12;;;;;;;;;;;;;;;/h16-17H,5-15H2,1-4H3;12H,8-11H2,1-7H3;12H,6-11H2,1-5H3;11H,6-10H2,1-5H3;5-11H2,1-4H3;5-10H2,1-4H3;5-9H2,1-4H3;15*1H4. The average molecular weight is 1920 g/mol. The van der Waals surface area contributed by atoms with Crippen LogP contribution in [0.15, 0.2) is 0 Å². The first kappa shape index (κ1) is 158.